The molecule has 2 rings (SSSR count). The van der Waals surface area contributed by atoms with E-state index in [1.165, 1.54) is 12.8 Å². The second-order valence-electron chi connectivity index (χ2n) is 4.16. The maximum Gasteiger partial charge on any atom is 0.318 e. The van der Waals surface area contributed by atoms with Gasteiger partial charge in [-0.1, -0.05) is 18.5 Å². The molecule has 0 amide bonds. The first-order valence-electron chi connectivity index (χ1n) is 5.39. The molecule has 1 fully saturated rings. The largest absolute Gasteiger partial charge is 0.460 e. The molecule has 1 saturated carbocycles. The lowest BCUT2D eigenvalue weighted by Gasteiger charge is -2.25. The fourth-order valence-electron chi connectivity index (χ4n) is 1.87. The van der Waals surface area contributed by atoms with Gasteiger partial charge in [0, 0.05) is 6.20 Å². The van der Waals surface area contributed by atoms with Crippen molar-refractivity contribution in [3.63, 3.8) is 0 Å². The van der Waals surface area contributed by atoms with Crippen molar-refractivity contribution in [2.45, 2.75) is 38.7 Å². The van der Waals surface area contributed by atoms with E-state index in [-0.39, 0.29) is 6.10 Å². The summed E-state index contributed by atoms with van der Waals surface area (Å²) in [5.41, 5.74) is 0. The molecule has 0 atom stereocenters. The van der Waals surface area contributed by atoms with E-state index < -0.39 is 0 Å². The Kier molecular flexibility index (Phi) is 3.41. The molecule has 15 heavy (non-hydrogen) atoms. The predicted molar refractivity (Wildman–Crippen MR) is 59.1 cm³/mol. The molecule has 0 unspecified atom stereocenters. The van der Waals surface area contributed by atoms with Crippen molar-refractivity contribution < 1.29 is 4.74 Å². The molecule has 3 nitrogen and oxygen atoms in total. The summed E-state index contributed by atoms with van der Waals surface area (Å²) in [7, 11) is 0. The summed E-state index contributed by atoms with van der Waals surface area (Å²) in [6.07, 6.45) is 6.53. The van der Waals surface area contributed by atoms with E-state index >= 15 is 0 Å². The van der Waals surface area contributed by atoms with Crippen molar-refractivity contribution in [1.29, 1.82) is 0 Å². The zero-order valence-electron chi connectivity index (χ0n) is 8.82. The number of rotatable bonds is 2. The minimum Gasteiger partial charge on any atom is -0.460 e. The van der Waals surface area contributed by atoms with Gasteiger partial charge in [0.1, 0.15) is 11.3 Å². The Labute approximate surface area is 94.8 Å². The second-order valence-corrected chi connectivity index (χ2v) is 4.55. The Balaban J connectivity index is 1.92. The van der Waals surface area contributed by atoms with Crippen LogP contribution in [0.1, 0.15) is 32.6 Å². The first-order chi connectivity index (χ1) is 7.24. The zero-order chi connectivity index (χ0) is 10.7. The van der Waals surface area contributed by atoms with Crippen LogP contribution >= 0.6 is 11.6 Å². The maximum absolute atomic E-state index is 5.75. The molecule has 0 radical (unpaired) electrons. The fourth-order valence-corrected chi connectivity index (χ4v) is 2.00. The average Bonchev–Trinajstić information content (AvgIpc) is 2.22. The molecule has 1 aliphatic carbocycles. The summed E-state index contributed by atoms with van der Waals surface area (Å²) in [6.45, 7) is 2.28. The molecule has 0 saturated heterocycles. The highest BCUT2D eigenvalue weighted by atomic mass is 35.5. The summed E-state index contributed by atoms with van der Waals surface area (Å²) in [6, 6.07) is 2.05. The van der Waals surface area contributed by atoms with Gasteiger partial charge in [-0.05, 0) is 37.7 Å². The number of aromatic nitrogens is 2. The van der Waals surface area contributed by atoms with Crippen molar-refractivity contribution in [3.8, 4) is 6.01 Å². The Morgan fingerprint density at radius 3 is 2.73 bits per heavy atom. The third-order valence-electron chi connectivity index (χ3n) is 2.83. The molecule has 1 aromatic rings. The summed E-state index contributed by atoms with van der Waals surface area (Å²) in [4.78, 5) is 8.05. The topological polar surface area (TPSA) is 35.0 Å². The summed E-state index contributed by atoms with van der Waals surface area (Å²) in [5.74, 6) is 0.824. The highest BCUT2D eigenvalue weighted by Gasteiger charge is 2.20. The maximum atomic E-state index is 5.75. The van der Waals surface area contributed by atoms with E-state index in [4.69, 9.17) is 16.3 Å². The molecule has 0 aromatic carbocycles. The SMILES string of the molecule is CC1CCC(Oc2nccc(Cl)n2)CC1. The molecule has 1 aromatic heterocycles. The first kappa shape index (κ1) is 10.7. The van der Waals surface area contributed by atoms with Crippen LogP contribution in [0.25, 0.3) is 0 Å². The van der Waals surface area contributed by atoms with E-state index in [2.05, 4.69) is 16.9 Å². The van der Waals surface area contributed by atoms with Crippen molar-refractivity contribution in [1.82, 2.24) is 9.97 Å². The van der Waals surface area contributed by atoms with Gasteiger partial charge in [-0.3, -0.25) is 0 Å². The third-order valence-corrected chi connectivity index (χ3v) is 3.04. The van der Waals surface area contributed by atoms with Crippen LogP contribution in [0.15, 0.2) is 12.3 Å². The molecular formula is C11H15ClN2O. The minimum atomic E-state index is 0.264. The van der Waals surface area contributed by atoms with Gasteiger partial charge in [-0.25, -0.2) is 4.98 Å². The van der Waals surface area contributed by atoms with Gasteiger partial charge in [0.05, 0.1) is 0 Å². The highest BCUT2D eigenvalue weighted by Crippen LogP contribution is 2.26. The third kappa shape index (κ3) is 3.06. The van der Waals surface area contributed by atoms with Crippen LogP contribution < -0.4 is 4.74 Å². The number of halogens is 1. The lowest BCUT2D eigenvalue weighted by atomic mass is 9.89. The van der Waals surface area contributed by atoms with Crippen molar-refractivity contribution >= 4 is 11.6 Å². The van der Waals surface area contributed by atoms with Crippen molar-refractivity contribution in [3.05, 3.63) is 17.4 Å². The molecule has 82 valence electrons. The number of ether oxygens (including phenoxy) is 1. The molecule has 4 heteroatoms. The predicted octanol–water partition coefficient (Wildman–Crippen LogP) is 3.09. The van der Waals surface area contributed by atoms with E-state index in [9.17, 15) is 0 Å². The first-order valence-corrected chi connectivity index (χ1v) is 5.77. The van der Waals surface area contributed by atoms with E-state index in [1.807, 2.05) is 0 Å². The second kappa shape index (κ2) is 4.79. The Morgan fingerprint density at radius 2 is 2.07 bits per heavy atom. The van der Waals surface area contributed by atoms with E-state index in [0.29, 0.717) is 11.2 Å². The van der Waals surface area contributed by atoms with Crippen LogP contribution in [0.4, 0.5) is 0 Å². The van der Waals surface area contributed by atoms with Gasteiger partial charge in [0.25, 0.3) is 0 Å². The van der Waals surface area contributed by atoms with Crippen molar-refractivity contribution in [2.24, 2.45) is 5.92 Å². The van der Waals surface area contributed by atoms with Gasteiger partial charge >= 0.3 is 6.01 Å². The zero-order valence-corrected chi connectivity index (χ0v) is 9.57. The highest BCUT2D eigenvalue weighted by molar-refractivity contribution is 6.29. The van der Waals surface area contributed by atoms with Gasteiger partial charge in [-0.15, -0.1) is 0 Å². The van der Waals surface area contributed by atoms with Gasteiger partial charge in [0.2, 0.25) is 0 Å². The van der Waals surface area contributed by atoms with Crippen LogP contribution in [0, 0.1) is 5.92 Å². The average molecular weight is 227 g/mol. The Hall–Kier alpha value is -0.830. The van der Waals surface area contributed by atoms with Gasteiger partial charge < -0.3 is 4.74 Å². The molecule has 1 heterocycles. The van der Waals surface area contributed by atoms with Crippen LogP contribution in [0.5, 0.6) is 6.01 Å². The van der Waals surface area contributed by atoms with Crippen LogP contribution in [-0.2, 0) is 0 Å². The number of hydrogen-bond donors (Lipinski definition) is 0. The normalized spacial score (nSPS) is 26.3. The molecule has 0 spiro atoms. The molecule has 0 bridgehead atoms. The van der Waals surface area contributed by atoms with Crippen LogP contribution in [0.3, 0.4) is 0 Å². The smallest absolute Gasteiger partial charge is 0.318 e. The summed E-state index contributed by atoms with van der Waals surface area (Å²) >= 11 is 5.75. The standard InChI is InChI=1S/C11H15ClN2O/c1-8-2-4-9(5-3-8)15-11-13-7-6-10(12)14-11/h6-9H,2-5H2,1H3. The van der Waals surface area contributed by atoms with Gasteiger partial charge in [-0.2, -0.15) is 4.98 Å². The monoisotopic (exact) mass is 226 g/mol. The van der Waals surface area contributed by atoms with Crippen molar-refractivity contribution in [2.75, 3.05) is 0 Å². The van der Waals surface area contributed by atoms with Crippen LogP contribution in [-0.4, -0.2) is 16.1 Å². The molecule has 0 aliphatic heterocycles. The molecular weight excluding hydrogens is 212 g/mol. The quantitative estimate of drug-likeness (QED) is 0.727. The summed E-state index contributed by atoms with van der Waals surface area (Å²) < 4.78 is 5.68. The fraction of sp³-hybridized carbons (Fsp3) is 0.636. The van der Waals surface area contributed by atoms with Gasteiger partial charge in [0.15, 0.2) is 0 Å². The molecule has 0 N–H and O–H groups in total. The summed E-state index contributed by atoms with van der Waals surface area (Å²) in [5, 5.41) is 0.434. The Bertz CT molecular complexity index is 324. The molecule has 1 aliphatic rings. The lowest BCUT2D eigenvalue weighted by Crippen LogP contribution is -2.23. The van der Waals surface area contributed by atoms with E-state index in [1.54, 1.807) is 12.3 Å². The van der Waals surface area contributed by atoms with E-state index in [0.717, 1.165) is 18.8 Å². The van der Waals surface area contributed by atoms with Crippen LogP contribution in [0.2, 0.25) is 5.15 Å². The number of hydrogen-bond acceptors (Lipinski definition) is 3. The Morgan fingerprint density at radius 1 is 1.33 bits per heavy atom. The minimum absolute atomic E-state index is 0.264. The number of nitrogens with zero attached hydrogens (tertiary/aromatic N) is 2. The lowest BCUT2D eigenvalue weighted by molar-refractivity contribution is 0.124.